The summed E-state index contributed by atoms with van der Waals surface area (Å²) in [5.41, 5.74) is 1.56. The maximum absolute atomic E-state index is 12.5. The molecule has 1 aromatic heterocycles. The Morgan fingerprint density at radius 3 is 2.60 bits per heavy atom. The summed E-state index contributed by atoms with van der Waals surface area (Å²) < 4.78 is 11.0. The molecule has 8 heteroatoms. The first-order chi connectivity index (χ1) is 12.3. The maximum Gasteiger partial charge on any atom is 0.280 e. The normalized spacial score (nSPS) is 12.5. The molecule has 3 N–H and O–H groups in total. The lowest BCUT2D eigenvalue weighted by Gasteiger charge is -2.18. The molecule has 0 spiro atoms. The quantitative estimate of drug-likeness (QED) is 0.676. The number of carbonyl (C=O) groups is 1. The van der Waals surface area contributed by atoms with Gasteiger partial charge in [-0.05, 0) is 24.3 Å². The summed E-state index contributed by atoms with van der Waals surface area (Å²) in [5.74, 6) is 1.23. The van der Waals surface area contributed by atoms with Gasteiger partial charge >= 0.3 is 0 Å². The predicted octanol–water partition coefficient (Wildman–Crippen LogP) is 2.57. The van der Waals surface area contributed by atoms with Gasteiger partial charge in [0, 0.05) is 17.4 Å². The molecule has 2 heterocycles. The van der Waals surface area contributed by atoms with Gasteiger partial charge in [0.05, 0.1) is 0 Å². The zero-order valence-corrected chi connectivity index (χ0v) is 13.2. The number of nitrogens with zero attached hydrogens (tertiary/aromatic N) is 2. The van der Waals surface area contributed by atoms with E-state index in [-0.39, 0.29) is 11.6 Å². The number of benzene rings is 2. The number of para-hydroxylation sites is 1. The highest BCUT2D eigenvalue weighted by Gasteiger charge is 2.18. The number of rotatable bonds is 4. The summed E-state index contributed by atoms with van der Waals surface area (Å²) in [7, 11) is 0. The van der Waals surface area contributed by atoms with Crippen LogP contribution in [0.2, 0.25) is 0 Å². The third-order valence-corrected chi connectivity index (χ3v) is 3.60. The number of ether oxygens (including phenoxy) is 2. The molecule has 1 aliphatic heterocycles. The summed E-state index contributed by atoms with van der Waals surface area (Å²) in [6, 6.07) is 14.6. The molecule has 1 amide bonds. The van der Waals surface area contributed by atoms with E-state index >= 15 is 0 Å². The largest absolute Gasteiger partial charge is 0.486 e. The van der Waals surface area contributed by atoms with Crippen molar-refractivity contribution in [3.63, 3.8) is 0 Å². The smallest absolute Gasteiger partial charge is 0.280 e. The molecular formula is C17H15N5O3. The van der Waals surface area contributed by atoms with E-state index < -0.39 is 0 Å². The Balaban J connectivity index is 1.51. The molecule has 2 aromatic carbocycles. The van der Waals surface area contributed by atoms with Crippen molar-refractivity contribution in [1.29, 1.82) is 0 Å². The minimum atomic E-state index is -0.385. The molecule has 0 unspecified atom stereocenters. The lowest BCUT2D eigenvalue weighted by atomic mass is 10.2. The molecule has 25 heavy (non-hydrogen) atoms. The van der Waals surface area contributed by atoms with Crippen molar-refractivity contribution >= 4 is 23.1 Å². The summed E-state index contributed by atoms with van der Waals surface area (Å²) >= 11 is 0. The average Bonchev–Trinajstić information content (AvgIpc) is 3.11. The Morgan fingerprint density at radius 1 is 0.960 bits per heavy atom. The van der Waals surface area contributed by atoms with E-state index in [1.807, 2.05) is 30.3 Å². The Kier molecular flexibility index (Phi) is 3.91. The van der Waals surface area contributed by atoms with Crippen molar-refractivity contribution < 1.29 is 14.3 Å². The zero-order valence-electron chi connectivity index (χ0n) is 13.2. The predicted molar refractivity (Wildman–Crippen MR) is 91.5 cm³/mol. The van der Waals surface area contributed by atoms with Crippen LogP contribution in [-0.2, 0) is 0 Å². The van der Waals surface area contributed by atoms with Crippen molar-refractivity contribution in [2.75, 3.05) is 23.8 Å². The van der Waals surface area contributed by atoms with E-state index in [1.165, 1.54) is 0 Å². The van der Waals surface area contributed by atoms with Crippen molar-refractivity contribution in [3.8, 4) is 11.5 Å². The molecule has 4 rings (SSSR count). The number of amides is 1. The standard InChI is InChI=1S/C17H15N5O3/c23-17(19-12-6-7-13-14(10-12)25-9-8-24-13)15-16(21-22-20-15)18-11-4-2-1-3-5-11/h1-7,10H,8-9H2,(H,19,23)(H2,18,20,21,22). The number of hydrogen-bond acceptors (Lipinski definition) is 6. The molecule has 0 radical (unpaired) electrons. The Hall–Kier alpha value is -3.55. The van der Waals surface area contributed by atoms with Crippen LogP contribution < -0.4 is 20.1 Å². The number of aromatic nitrogens is 3. The number of H-pyrrole nitrogens is 1. The molecule has 0 bridgehead atoms. The minimum Gasteiger partial charge on any atom is -0.486 e. The molecular weight excluding hydrogens is 322 g/mol. The van der Waals surface area contributed by atoms with Crippen LogP contribution in [0.4, 0.5) is 17.2 Å². The number of nitrogens with one attached hydrogen (secondary N) is 3. The fourth-order valence-corrected chi connectivity index (χ4v) is 2.45. The zero-order chi connectivity index (χ0) is 17.1. The van der Waals surface area contributed by atoms with E-state index in [1.54, 1.807) is 18.2 Å². The van der Waals surface area contributed by atoms with Crippen LogP contribution in [0.5, 0.6) is 11.5 Å². The number of fused-ring (bicyclic) bond motifs is 1. The summed E-state index contributed by atoms with van der Waals surface area (Å²) in [6.45, 7) is 1.00. The first kappa shape index (κ1) is 15.0. The highest BCUT2D eigenvalue weighted by molar-refractivity contribution is 6.06. The first-order valence-electron chi connectivity index (χ1n) is 7.73. The highest BCUT2D eigenvalue weighted by Crippen LogP contribution is 2.32. The van der Waals surface area contributed by atoms with E-state index in [2.05, 4.69) is 26.0 Å². The third-order valence-electron chi connectivity index (χ3n) is 3.60. The number of hydrogen-bond donors (Lipinski definition) is 3. The highest BCUT2D eigenvalue weighted by atomic mass is 16.6. The fourth-order valence-electron chi connectivity index (χ4n) is 2.45. The van der Waals surface area contributed by atoms with E-state index in [0.717, 1.165) is 5.69 Å². The Morgan fingerprint density at radius 2 is 1.76 bits per heavy atom. The molecule has 0 fully saturated rings. The lowest BCUT2D eigenvalue weighted by Crippen LogP contribution is -2.17. The molecule has 0 aliphatic carbocycles. The second-order valence-corrected chi connectivity index (χ2v) is 5.32. The van der Waals surface area contributed by atoms with Crippen LogP contribution in [0.15, 0.2) is 48.5 Å². The van der Waals surface area contributed by atoms with Gasteiger partial charge in [-0.3, -0.25) is 4.79 Å². The van der Waals surface area contributed by atoms with Crippen LogP contribution >= 0.6 is 0 Å². The SMILES string of the molecule is O=C(Nc1ccc2c(c1)OCCO2)c1n[nH]nc1Nc1ccccc1. The molecule has 8 nitrogen and oxygen atoms in total. The second kappa shape index (κ2) is 6.52. The summed E-state index contributed by atoms with van der Waals surface area (Å²) in [5, 5.41) is 16.2. The van der Waals surface area contributed by atoms with Gasteiger partial charge in [0.2, 0.25) is 0 Å². The molecule has 0 saturated carbocycles. The molecule has 1 aliphatic rings. The van der Waals surface area contributed by atoms with Gasteiger partial charge in [0.15, 0.2) is 23.0 Å². The topological polar surface area (TPSA) is 101 Å². The van der Waals surface area contributed by atoms with Gasteiger partial charge in [-0.2, -0.15) is 5.21 Å². The summed E-state index contributed by atoms with van der Waals surface area (Å²) in [4.78, 5) is 12.5. The van der Waals surface area contributed by atoms with Crippen molar-refractivity contribution in [2.24, 2.45) is 0 Å². The monoisotopic (exact) mass is 337 g/mol. The van der Waals surface area contributed by atoms with Gasteiger partial charge in [0.1, 0.15) is 13.2 Å². The van der Waals surface area contributed by atoms with Crippen LogP contribution in [0, 0.1) is 0 Å². The number of aromatic amines is 1. The average molecular weight is 337 g/mol. The second-order valence-electron chi connectivity index (χ2n) is 5.32. The lowest BCUT2D eigenvalue weighted by molar-refractivity contribution is 0.102. The van der Waals surface area contributed by atoms with Crippen molar-refractivity contribution in [2.45, 2.75) is 0 Å². The van der Waals surface area contributed by atoms with E-state index in [4.69, 9.17) is 9.47 Å². The number of carbonyl (C=O) groups excluding carboxylic acids is 1. The fraction of sp³-hybridized carbons (Fsp3) is 0.118. The van der Waals surface area contributed by atoms with Gasteiger partial charge < -0.3 is 20.1 Å². The molecule has 0 saturated heterocycles. The molecule has 3 aromatic rings. The third kappa shape index (κ3) is 3.23. The van der Waals surface area contributed by atoms with Crippen LogP contribution in [0.3, 0.4) is 0 Å². The Labute approximate surface area is 143 Å². The van der Waals surface area contributed by atoms with E-state index in [9.17, 15) is 4.79 Å². The van der Waals surface area contributed by atoms with Gasteiger partial charge in [-0.15, -0.1) is 10.2 Å². The van der Waals surface area contributed by atoms with Gasteiger partial charge in [-0.25, -0.2) is 0 Å². The van der Waals surface area contributed by atoms with Gasteiger partial charge in [-0.1, -0.05) is 18.2 Å². The summed E-state index contributed by atoms with van der Waals surface area (Å²) in [6.07, 6.45) is 0. The minimum absolute atomic E-state index is 0.166. The van der Waals surface area contributed by atoms with Crippen LogP contribution in [0.1, 0.15) is 10.5 Å². The van der Waals surface area contributed by atoms with Crippen molar-refractivity contribution in [3.05, 3.63) is 54.2 Å². The maximum atomic E-state index is 12.5. The molecule has 126 valence electrons. The van der Waals surface area contributed by atoms with Crippen molar-refractivity contribution in [1.82, 2.24) is 15.4 Å². The van der Waals surface area contributed by atoms with Crippen LogP contribution in [-0.4, -0.2) is 34.5 Å². The van der Waals surface area contributed by atoms with Crippen LogP contribution in [0.25, 0.3) is 0 Å². The van der Waals surface area contributed by atoms with Gasteiger partial charge in [0.25, 0.3) is 5.91 Å². The van der Waals surface area contributed by atoms with E-state index in [0.29, 0.717) is 36.2 Å². The number of anilines is 3. The molecule has 0 atom stereocenters. The Bertz CT molecular complexity index is 894. The first-order valence-corrected chi connectivity index (χ1v) is 7.73.